The molecule has 27 heavy (non-hydrogen) atoms. The lowest BCUT2D eigenvalue weighted by Gasteiger charge is -2.15. The van der Waals surface area contributed by atoms with E-state index in [4.69, 9.17) is 16.3 Å². The smallest absolute Gasteiger partial charge is 0.204 e. The Balaban J connectivity index is 1.90. The Morgan fingerprint density at radius 2 is 1.81 bits per heavy atom. The molecule has 0 amide bonds. The predicted molar refractivity (Wildman–Crippen MR) is 106 cm³/mol. The van der Waals surface area contributed by atoms with E-state index < -0.39 is 6.10 Å². The highest BCUT2D eigenvalue weighted by molar-refractivity contribution is 6.30. The molecule has 3 rings (SSSR count). The summed E-state index contributed by atoms with van der Waals surface area (Å²) in [7, 11) is 0. The van der Waals surface area contributed by atoms with Crippen LogP contribution in [-0.2, 0) is 0 Å². The summed E-state index contributed by atoms with van der Waals surface area (Å²) in [5.74, 6) is 0.281. The molecule has 1 aromatic heterocycles. The van der Waals surface area contributed by atoms with Gasteiger partial charge in [-0.1, -0.05) is 23.7 Å². The number of aromatic nitrogens is 1. The fraction of sp³-hybridized carbons (Fsp3) is 0.182. The summed E-state index contributed by atoms with van der Waals surface area (Å²) in [5, 5.41) is 9.85. The third-order valence-corrected chi connectivity index (χ3v) is 4.71. The van der Waals surface area contributed by atoms with Gasteiger partial charge in [0, 0.05) is 27.7 Å². The molecule has 5 heteroatoms. The molecule has 136 valence electrons. The zero-order valence-corrected chi connectivity index (χ0v) is 16.1. The van der Waals surface area contributed by atoms with Crippen LogP contribution in [-0.4, -0.2) is 16.5 Å². The maximum absolute atomic E-state index is 13.0. The third kappa shape index (κ3) is 3.74. The zero-order chi connectivity index (χ0) is 19.6. The minimum atomic E-state index is -0.710. The van der Waals surface area contributed by atoms with Crippen LogP contribution in [0, 0.1) is 25.2 Å². The number of halogens is 1. The SMILES string of the molecule is Cc1cc(C(=O)[C@H](C)Oc2ccccc2C#N)c(C)n1-c1ccc(Cl)cc1. The number of hydrogen-bond donors (Lipinski definition) is 0. The van der Waals surface area contributed by atoms with Crippen LogP contribution in [0.4, 0.5) is 0 Å². The van der Waals surface area contributed by atoms with Gasteiger partial charge in [-0.25, -0.2) is 0 Å². The molecule has 2 aromatic carbocycles. The van der Waals surface area contributed by atoms with Crippen molar-refractivity contribution < 1.29 is 9.53 Å². The first-order valence-electron chi connectivity index (χ1n) is 8.57. The monoisotopic (exact) mass is 378 g/mol. The van der Waals surface area contributed by atoms with Crippen molar-refractivity contribution in [3.63, 3.8) is 0 Å². The van der Waals surface area contributed by atoms with Crippen LogP contribution >= 0.6 is 11.6 Å². The van der Waals surface area contributed by atoms with Gasteiger partial charge in [-0.05, 0) is 63.2 Å². The number of hydrogen-bond acceptors (Lipinski definition) is 3. The van der Waals surface area contributed by atoms with Gasteiger partial charge in [-0.15, -0.1) is 0 Å². The summed E-state index contributed by atoms with van der Waals surface area (Å²) in [5.41, 5.74) is 3.73. The van der Waals surface area contributed by atoms with E-state index in [1.807, 2.05) is 48.7 Å². The molecule has 1 heterocycles. The number of aryl methyl sites for hydroxylation is 1. The Labute approximate surface area is 163 Å². The molecule has 0 saturated carbocycles. The molecule has 0 aliphatic heterocycles. The molecule has 4 nitrogen and oxygen atoms in total. The number of ether oxygens (including phenoxy) is 1. The fourth-order valence-corrected chi connectivity index (χ4v) is 3.25. The largest absolute Gasteiger partial charge is 0.481 e. The molecular weight excluding hydrogens is 360 g/mol. The van der Waals surface area contributed by atoms with Crippen molar-refractivity contribution in [1.82, 2.24) is 4.57 Å². The number of Topliss-reactive ketones (excluding diaryl/α,β-unsaturated/α-hetero) is 1. The predicted octanol–water partition coefficient (Wildman–Crippen LogP) is 5.27. The van der Waals surface area contributed by atoms with Crippen molar-refractivity contribution in [3.8, 4) is 17.5 Å². The van der Waals surface area contributed by atoms with Gasteiger partial charge in [-0.2, -0.15) is 5.26 Å². The minimum absolute atomic E-state index is 0.129. The Morgan fingerprint density at radius 3 is 2.48 bits per heavy atom. The number of para-hydroxylation sites is 1. The molecule has 0 bridgehead atoms. The summed E-state index contributed by atoms with van der Waals surface area (Å²) >= 11 is 5.97. The number of nitriles is 1. The second-order valence-electron chi connectivity index (χ2n) is 6.33. The minimum Gasteiger partial charge on any atom is -0.481 e. The van der Waals surface area contributed by atoms with E-state index in [1.165, 1.54) is 0 Å². The molecule has 0 spiro atoms. The number of nitrogens with zero attached hydrogens (tertiary/aromatic N) is 2. The molecule has 0 N–H and O–H groups in total. The highest BCUT2D eigenvalue weighted by Crippen LogP contribution is 2.25. The number of carbonyl (C=O) groups is 1. The number of carbonyl (C=O) groups excluding carboxylic acids is 1. The summed E-state index contributed by atoms with van der Waals surface area (Å²) < 4.78 is 7.79. The molecule has 0 saturated heterocycles. The van der Waals surface area contributed by atoms with Crippen LogP contribution in [0.1, 0.15) is 34.2 Å². The Kier molecular flexibility index (Phi) is 5.34. The van der Waals surface area contributed by atoms with E-state index in [1.54, 1.807) is 31.2 Å². The van der Waals surface area contributed by atoms with E-state index in [2.05, 4.69) is 6.07 Å². The standard InChI is InChI=1S/C22H19ClN2O2/c1-14-12-20(15(2)25(14)19-10-8-18(23)9-11-19)22(26)16(3)27-21-7-5-4-6-17(21)13-24/h4-12,16H,1-3H3/t16-/m0/s1. The second-order valence-corrected chi connectivity index (χ2v) is 6.77. The number of benzene rings is 2. The normalized spacial score (nSPS) is 11.7. The van der Waals surface area contributed by atoms with Gasteiger partial charge in [0.15, 0.2) is 6.10 Å². The van der Waals surface area contributed by atoms with Gasteiger partial charge in [0.25, 0.3) is 0 Å². The van der Waals surface area contributed by atoms with Crippen molar-refractivity contribution in [3.05, 3.63) is 82.1 Å². The zero-order valence-electron chi connectivity index (χ0n) is 15.4. The van der Waals surface area contributed by atoms with Crippen LogP contribution < -0.4 is 4.74 Å². The third-order valence-electron chi connectivity index (χ3n) is 4.46. The van der Waals surface area contributed by atoms with Crippen molar-refractivity contribution in [2.24, 2.45) is 0 Å². The lowest BCUT2D eigenvalue weighted by molar-refractivity contribution is 0.0817. The maximum atomic E-state index is 13.0. The average molecular weight is 379 g/mol. The van der Waals surface area contributed by atoms with Crippen LogP contribution in [0.3, 0.4) is 0 Å². The van der Waals surface area contributed by atoms with Crippen molar-refractivity contribution in [2.75, 3.05) is 0 Å². The Hall–Kier alpha value is -3.03. The van der Waals surface area contributed by atoms with Crippen molar-refractivity contribution in [2.45, 2.75) is 26.9 Å². The molecular formula is C22H19ClN2O2. The lowest BCUT2D eigenvalue weighted by Crippen LogP contribution is -2.24. The fourth-order valence-electron chi connectivity index (χ4n) is 3.12. The first kappa shape index (κ1) is 18.8. The van der Waals surface area contributed by atoms with Crippen LogP contribution in [0.15, 0.2) is 54.6 Å². The van der Waals surface area contributed by atoms with E-state index in [-0.39, 0.29) is 5.78 Å². The van der Waals surface area contributed by atoms with Crippen LogP contribution in [0.2, 0.25) is 5.02 Å². The maximum Gasteiger partial charge on any atom is 0.204 e. The molecule has 3 aromatic rings. The highest BCUT2D eigenvalue weighted by atomic mass is 35.5. The topological polar surface area (TPSA) is 55.0 Å². The molecule has 0 aliphatic rings. The summed E-state index contributed by atoms with van der Waals surface area (Å²) in [4.78, 5) is 13.0. The summed E-state index contributed by atoms with van der Waals surface area (Å²) in [6.45, 7) is 5.56. The van der Waals surface area contributed by atoms with Crippen molar-refractivity contribution in [1.29, 1.82) is 5.26 Å². The molecule has 0 fully saturated rings. The van der Waals surface area contributed by atoms with Gasteiger partial charge in [-0.3, -0.25) is 4.79 Å². The van der Waals surface area contributed by atoms with E-state index in [0.29, 0.717) is 21.9 Å². The van der Waals surface area contributed by atoms with Gasteiger partial charge in [0.1, 0.15) is 11.8 Å². The van der Waals surface area contributed by atoms with Crippen LogP contribution in [0.5, 0.6) is 5.75 Å². The van der Waals surface area contributed by atoms with Gasteiger partial charge >= 0.3 is 0 Å². The Morgan fingerprint density at radius 1 is 1.15 bits per heavy atom. The van der Waals surface area contributed by atoms with E-state index in [9.17, 15) is 10.1 Å². The second kappa shape index (κ2) is 7.69. The van der Waals surface area contributed by atoms with E-state index in [0.717, 1.165) is 17.1 Å². The highest BCUT2D eigenvalue weighted by Gasteiger charge is 2.23. The molecule has 0 unspecified atom stereocenters. The molecule has 1 atom stereocenters. The summed E-state index contributed by atoms with van der Waals surface area (Å²) in [6, 6.07) is 18.3. The van der Waals surface area contributed by atoms with Crippen LogP contribution in [0.25, 0.3) is 5.69 Å². The van der Waals surface area contributed by atoms with E-state index >= 15 is 0 Å². The van der Waals surface area contributed by atoms with Gasteiger partial charge in [0.2, 0.25) is 5.78 Å². The quantitative estimate of drug-likeness (QED) is 0.568. The average Bonchev–Trinajstić information content (AvgIpc) is 2.96. The summed E-state index contributed by atoms with van der Waals surface area (Å²) in [6.07, 6.45) is -0.710. The van der Waals surface area contributed by atoms with Gasteiger partial charge < -0.3 is 9.30 Å². The lowest BCUT2D eigenvalue weighted by atomic mass is 10.1. The van der Waals surface area contributed by atoms with Crippen molar-refractivity contribution >= 4 is 17.4 Å². The molecule has 0 radical (unpaired) electrons. The molecule has 0 aliphatic carbocycles. The first-order valence-corrected chi connectivity index (χ1v) is 8.95. The van der Waals surface area contributed by atoms with Gasteiger partial charge in [0.05, 0.1) is 5.56 Å². The Bertz CT molecular complexity index is 1030. The number of ketones is 1. The first-order chi connectivity index (χ1) is 12.9. The number of rotatable bonds is 5.